The maximum absolute atomic E-state index is 3.51. The van der Waals surface area contributed by atoms with Crippen LogP contribution < -0.4 is 5.32 Å². The molecule has 1 aliphatic carbocycles. The molecule has 15 heavy (non-hydrogen) atoms. The van der Waals surface area contributed by atoms with E-state index < -0.39 is 0 Å². The van der Waals surface area contributed by atoms with Crippen LogP contribution in [-0.2, 0) is 0 Å². The zero-order chi connectivity index (χ0) is 9.64. The van der Waals surface area contributed by atoms with Crippen molar-refractivity contribution < 1.29 is 0 Å². The van der Waals surface area contributed by atoms with Crippen LogP contribution in [0.1, 0.15) is 32.1 Å². The van der Waals surface area contributed by atoms with Gasteiger partial charge >= 0.3 is 0 Å². The summed E-state index contributed by atoms with van der Waals surface area (Å²) in [5, 5.41) is 3.51. The molecule has 0 aliphatic heterocycles. The predicted octanol–water partition coefficient (Wildman–Crippen LogP) is 4.10. The van der Waals surface area contributed by atoms with Crippen LogP contribution in [0.15, 0.2) is 30.3 Å². The highest BCUT2D eigenvalue weighted by atomic mass is 35.5. The quantitative estimate of drug-likeness (QED) is 0.817. The third-order valence-corrected chi connectivity index (χ3v) is 3.09. The van der Waals surface area contributed by atoms with E-state index in [1.54, 1.807) is 0 Å². The van der Waals surface area contributed by atoms with Crippen LogP contribution in [0, 0.1) is 5.92 Å². The van der Waals surface area contributed by atoms with E-state index in [0.717, 1.165) is 12.5 Å². The van der Waals surface area contributed by atoms with Gasteiger partial charge < -0.3 is 5.32 Å². The van der Waals surface area contributed by atoms with E-state index in [1.165, 1.54) is 37.8 Å². The van der Waals surface area contributed by atoms with Gasteiger partial charge in [-0.05, 0) is 30.9 Å². The zero-order valence-corrected chi connectivity index (χ0v) is 9.93. The van der Waals surface area contributed by atoms with Gasteiger partial charge in [0.25, 0.3) is 0 Å². The Kier molecular flexibility index (Phi) is 5.56. The Morgan fingerprint density at radius 2 is 1.67 bits per heavy atom. The molecule has 1 saturated carbocycles. The van der Waals surface area contributed by atoms with Gasteiger partial charge in [0.2, 0.25) is 0 Å². The van der Waals surface area contributed by atoms with Crippen LogP contribution in [0.2, 0.25) is 0 Å². The summed E-state index contributed by atoms with van der Waals surface area (Å²) in [6.07, 6.45) is 7.14. The largest absolute Gasteiger partial charge is 0.385 e. The minimum Gasteiger partial charge on any atom is -0.385 e. The second kappa shape index (κ2) is 6.73. The van der Waals surface area contributed by atoms with Crippen LogP contribution in [0.4, 0.5) is 5.69 Å². The van der Waals surface area contributed by atoms with E-state index >= 15 is 0 Å². The fourth-order valence-corrected chi connectivity index (χ4v) is 2.21. The molecule has 0 spiro atoms. The summed E-state index contributed by atoms with van der Waals surface area (Å²) in [6, 6.07) is 10.5. The lowest BCUT2D eigenvalue weighted by Gasteiger charge is -2.22. The van der Waals surface area contributed by atoms with Crippen LogP contribution in [0.25, 0.3) is 0 Å². The van der Waals surface area contributed by atoms with E-state index in [-0.39, 0.29) is 12.4 Å². The molecule has 1 fully saturated rings. The van der Waals surface area contributed by atoms with Gasteiger partial charge in [0.05, 0.1) is 0 Å². The number of para-hydroxylation sites is 1. The Morgan fingerprint density at radius 1 is 1.00 bits per heavy atom. The molecule has 0 aromatic heterocycles. The fraction of sp³-hybridized carbons (Fsp3) is 0.538. The van der Waals surface area contributed by atoms with Crippen molar-refractivity contribution in [2.45, 2.75) is 32.1 Å². The van der Waals surface area contributed by atoms with Crippen molar-refractivity contribution in [2.24, 2.45) is 5.92 Å². The van der Waals surface area contributed by atoms with Crippen molar-refractivity contribution in [1.29, 1.82) is 0 Å². The monoisotopic (exact) mass is 225 g/mol. The van der Waals surface area contributed by atoms with Crippen molar-refractivity contribution in [3.8, 4) is 0 Å². The molecule has 84 valence electrons. The summed E-state index contributed by atoms with van der Waals surface area (Å²) in [7, 11) is 0. The van der Waals surface area contributed by atoms with Gasteiger partial charge in [0.1, 0.15) is 0 Å². The molecule has 2 heteroatoms. The summed E-state index contributed by atoms with van der Waals surface area (Å²) in [5.74, 6) is 0.906. The Labute approximate surface area is 98.7 Å². The Bertz CT molecular complexity index is 254. The molecule has 1 aliphatic rings. The smallest absolute Gasteiger partial charge is 0.0340 e. The third kappa shape index (κ3) is 4.13. The van der Waals surface area contributed by atoms with Crippen LogP contribution in [0.5, 0.6) is 0 Å². The molecular weight excluding hydrogens is 206 g/mol. The molecule has 2 rings (SSSR count). The molecule has 1 N–H and O–H groups in total. The van der Waals surface area contributed by atoms with Crippen molar-refractivity contribution in [2.75, 3.05) is 11.9 Å². The lowest BCUT2D eigenvalue weighted by molar-refractivity contribution is 0.373. The molecule has 0 amide bonds. The SMILES string of the molecule is Cl.c1ccc(NCC2CCCCC2)cc1. The minimum absolute atomic E-state index is 0. The standard InChI is InChI=1S/C13H19N.ClH/c1-3-7-12(8-4-1)11-14-13-9-5-2-6-10-13;/h2,5-6,9-10,12,14H,1,3-4,7-8,11H2;1H. The van der Waals surface area contributed by atoms with Gasteiger partial charge in [-0.25, -0.2) is 0 Å². The van der Waals surface area contributed by atoms with Gasteiger partial charge in [-0.15, -0.1) is 12.4 Å². The highest BCUT2D eigenvalue weighted by Gasteiger charge is 2.12. The van der Waals surface area contributed by atoms with Gasteiger partial charge in [0.15, 0.2) is 0 Å². The summed E-state index contributed by atoms with van der Waals surface area (Å²) in [4.78, 5) is 0. The molecular formula is C13H20ClN. The van der Waals surface area contributed by atoms with Crippen molar-refractivity contribution >= 4 is 18.1 Å². The highest BCUT2D eigenvalue weighted by molar-refractivity contribution is 5.85. The van der Waals surface area contributed by atoms with Crippen LogP contribution in [0.3, 0.4) is 0 Å². The second-order valence-corrected chi connectivity index (χ2v) is 4.25. The second-order valence-electron chi connectivity index (χ2n) is 4.25. The van der Waals surface area contributed by atoms with E-state index in [4.69, 9.17) is 0 Å². The molecule has 1 aromatic rings. The maximum atomic E-state index is 3.51. The molecule has 1 nitrogen and oxygen atoms in total. The van der Waals surface area contributed by atoms with E-state index in [2.05, 4.69) is 35.6 Å². The molecule has 0 atom stereocenters. The van der Waals surface area contributed by atoms with E-state index in [0.29, 0.717) is 0 Å². The Balaban J connectivity index is 0.00000112. The lowest BCUT2D eigenvalue weighted by Crippen LogP contribution is -2.16. The Hall–Kier alpha value is -0.690. The van der Waals surface area contributed by atoms with Gasteiger partial charge in [0, 0.05) is 12.2 Å². The Morgan fingerprint density at radius 3 is 2.33 bits per heavy atom. The molecule has 0 unspecified atom stereocenters. The number of nitrogens with one attached hydrogen (secondary N) is 1. The van der Waals surface area contributed by atoms with Crippen LogP contribution >= 0.6 is 12.4 Å². The highest BCUT2D eigenvalue weighted by Crippen LogP contribution is 2.23. The van der Waals surface area contributed by atoms with E-state index in [9.17, 15) is 0 Å². The number of rotatable bonds is 3. The average Bonchev–Trinajstić information content (AvgIpc) is 2.29. The molecule has 0 heterocycles. The number of anilines is 1. The van der Waals surface area contributed by atoms with Gasteiger partial charge in [-0.2, -0.15) is 0 Å². The van der Waals surface area contributed by atoms with Gasteiger partial charge in [-0.3, -0.25) is 0 Å². The first kappa shape index (κ1) is 12.4. The topological polar surface area (TPSA) is 12.0 Å². The normalized spacial score (nSPS) is 16.8. The summed E-state index contributed by atoms with van der Waals surface area (Å²) in [5.41, 5.74) is 1.26. The molecule has 0 radical (unpaired) electrons. The van der Waals surface area contributed by atoms with Crippen molar-refractivity contribution in [3.05, 3.63) is 30.3 Å². The summed E-state index contributed by atoms with van der Waals surface area (Å²) in [6.45, 7) is 1.16. The molecule has 0 saturated heterocycles. The summed E-state index contributed by atoms with van der Waals surface area (Å²) < 4.78 is 0. The average molecular weight is 226 g/mol. The lowest BCUT2D eigenvalue weighted by atomic mass is 9.89. The zero-order valence-electron chi connectivity index (χ0n) is 9.11. The number of hydrogen-bond acceptors (Lipinski definition) is 1. The maximum Gasteiger partial charge on any atom is 0.0340 e. The molecule has 1 aromatic carbocycles. The van der Waals surface area contributed by atoms with E-state index in [1.807, 2.05) is 0 Å². The number of halogens is 1. The number of benzene rings is 1. The van der Waals surface area contributed by atoms with Crippen LogP contribution in [-0.4, -0.2) is 6.54 Å². The summed E-state index contributed by atoms with van der Waals surface area (Å²) >= 11 is 0. The fourth-order valence-electron chi connectivity index (χ4n) is 2.21. The number of hydrogen-bond donors (Lipinski definition) is 1. The van der Waals surface area contributed by atoms with Gasteiger partial charge in [-0.1, -0.05) is 37.5 Å². The molecule has 0 bridgehead atoms. The first-order valence-corrected chi connectivity index (χ1v) is 5.74. The first-order valence-electron chi connectivity index (χ1n) is 5.74. The first-order chi connectivity index (χ1) is 6.95. The van der Waals surface area contributed by atoms with Crippen molar-refractivity contribution in [3.63, 3.8) is 0 Å². The minimum atomic E-state index is 0. The third-order valence-electron chi connectivity index (χ3n) is 3.09. The van der Waals surface area contributed by atoms with Crippen molar-refractivity contribution in [1.82, 2.24) is 0 Å². The predicted molar refractivity (Wildman–Crippen MR) is 68.8 cm³/mol.